The molecule has 1 amide bonds. The maximum atomic E-state index is 15.4. The number of esters is 2. The monoisotopic (exact) mass is 725 g/mol. The van der Waals surface area contributed by atoms with Gasteiger partial charge in [0, 0.05) is 44.2 Å². The summed E-state index contributed by atoms with van der Waals surface area (Å²) in [6.07, 6.45) is -6.22. The van der Waals surface area contributed by atoms with Crippen LogP contribution < -0.4 is 5.48 Å². The average Bonchev–Trinajstić information content (AvgIpc) is 3.10. The van der Waals surface area contributed by atoms with E-state index < -0.39 is 87.7 Å². The minimum atomic E-state index is -1.68. The topological polar surface area (TPSA) is 181 Å². The summed E-state index contributed by atoms with van der Waals surface area (Å²) in [7, 11) is 4.65. The van der Waals surface area contributed by atoms with E-state index >= 15 is 4.79 Å². The summed E-state index contributed by atoms with van der Waals surface area (Å²) in [4.78, 5) is 56.9. The van der Waals surface area contributed by atoms with Gasteiger partial charge in [-0.25, -0.2) is 15.1 Å². The lowest BCUT2D eigenvalue weighted by molar-refractivity contribution is -0.302. The number of hydrogen-bond acceptors (Lipinski definition) is 12. The van der Waals surface area contributed by atoms with Crippen molar-refractivity contribution in [1.29, 1.82) is 0 Å². The quantitative estimate of drug-likeness (QED) is 0.0912. The fraction of sp³-hybridized carbons (Fsp3) is 0.684. The lowest BCUT2D eigenvalue weighted by Gasteiger charge is -2.68. The van der Waals surface area contributed by atoms with E-state index in [-0.39, 0.29) is 31.8 Å². The maximum Gasteiger partial charge on any atom is 0.409 e. The first-order chi connectivity index (χ1) is 24.3. The summed E-state index contributed by atoms with van der Waals surface area (Å²) in [5, 5.41) is 33.9. The van der Waals surface area contributed by atoms with Crippen LogP contribution in [-0.2, 0) is 33.3 Å². The minimum Gasteiger partial charge on any atom is -0.456 e. The van der Waals surface area contributed by atoms with Crippen molar-refractivity contribution < 1.29 is 53.5 Å². The minimum absolute atomic E-state index is 0.0249. The Morgan fingerprint density at radius 2 is 1.75 bits per heavy atom. The number of fused-ring (bicyclic) bond motifs is 5. The Balaban J connectivity index is 1.66. The number of ketones is 1. The Hall–Kier alpha value is -3.30. The molecule has 1 saturated heterocycles. The maximum absolute atomic E-state index is 15.4. The van der Waals surface area contributed by atoms with Gasteiger partial charge in [0.1, 0.15) is 19.5 Å². The number of carbonyl (C=O) groups is 4. The van der Waals surface area contributed by atoms with Crippen molar-refractivity contribution in [3.8, 4) is 0 Å². The van der Waals surface area contributed by atoms with Crippen molar-refractivity contribution in [3.05, 3.63) is 47.0 Å². The molecular formula is C38H54BN2O11. The number of nitrogens with one attached hydrogen (secondary N) is 1. The van der Waals surface area contributed by atoms with E-state index in [0.717, 1.165) is 0 Å². The van der Waals surface area contributed by atoms with Gasteiger partial charge in [-0.3, -0.25) is 9.59 Å². The second-order valence-electron chi connectivity index (χ2n) is 16.2. The molecule has 3 fully saturated rings. The molecule has 13 nitrogen and oxygen atoms in total. The molecule has 2 saturated carbocycles. The van der Waals surface area contributed by atoms with Crippen molar-refractivity contribution in [2.75, 3.05) is 27.1 Å². The Labute approximate surface area is 306 Å². The predicted molar refractivity (Wildman–Crippen MR) is 189 cm³/mol. The number of aliphatic hydroxyl groups excluding tert-OH is 1. The van der Waals surface area contributed by atoms with Crippen LogP contribution in [-0.4, -0.2) is 115 Å². The molecule has 285 valence electrons. The highest BCUT2D eigenvalue weighted by molar-refractivity contribution is 6.39. The third kappa shape index (κ3) is 6.27. The molecule has 1 radical (unpaired) electrons. The molecule has 5 rings (SSSR count). The molecule has 1 aromatic rings. The van der Waals surface area contributed by atoms with E-state index in [1.54, 1.807) is 72.5 Å². The standard InChI is InChI=1S/C38H54BN2O11/c1-10-26(42)52-30-27-20(2)23(50-33(45)29(43)28(39-19-40-48)22-14-12-11-13-15-22)17-38(47,35(27,4)5)21(3)31-36(6)18-49-24(36)16-25(37(31,7)32(30)44)51-34(46)41(8)9/h11-15,21,23-25,28-31,40,43,47-48H,10,16-19H2,1-9H3/t21-,23-,24+,25-,28-,29+,30+,31+,36+,37+,38+/m0/s1. The second kappa shape index (κ2) is 14.5. The number of rotatable bonds is 10. The third-order valence-corrected chi connectivity index (χ3v) is 12.9. The van der Waals surface area contributed by atoms with E-state index in [9.17, 15) is 29.8 Å². The molecule has 14 heteroatoms. The number of benzene rings is 1. The molecule has 1 aromatic carbocycles. The van der Waals surface area contributed by atoms with Gasteiger partial charge in [0.15, 0.2) is 18.0 Å². The van der Waals surface area contributed by atoms with Gasteiger partial charge in [0.2, 0.25) is 0 Å². The van der Waals surface area contributed by atoms with Crippen LogP contribution in [0, 0.1) is 28.1 Å². The van der Waals surface area contributed by atoms with Gasteiger partial charge in [-0.15, -0.1) is 0 Å². The Kier molecular flexibility index (Phi) is 11.1. The number of carbonyl (C=O) groups excluding carboxylic acids is 4. The number of nitrogens with zero attached hydrogens (tertiary/aromatic N) is 1. The van der Waals surface area contributed by atoms with Crippen molar-refractivity contribution in [2.45, 2.75) is 110 Å². The lowest BCUT2D eigenvalue weighted by atomic mass is 9.40. The number of hydrogen-bond donors (Lipinski definition) is 4. The van der Waals surface area contributed by atoms with Crippen molar-refractivity contribution in [3.63, 3.8) is 0 Å². The molecule has 4 N–H and O–H groups in total. The fourth-order valence-corrected chi connectivity index (χ4v) is 9.90. The van der Waals surface area contributed by atoms with E-state index in [1.807, 2.05) is 33.2 Å². The first kappa shape index (κ1) is 39.9. The van der Waals surface area contributed by atoms with E-state index in [4.69, 9.17) is 18.9 Å². The number of amides is 1. The molecular weight excluding hydrogens is 671 g/mol. The molecule has 4 aliphatic rings. The molecule has 52 heavy (non-hydrogen) atoms. The molecule has 0 unspecified atom stereocenters. The first-order valence-electron chi connectivity index (χ1n) is 18.1. The zero-order valence-corrected chi connectivity index (χ0v) is 31.7. The summed E-state index contributed by atoms with van der Waals surface area (Å²) >= 11 is 0. The van der Waals surface area contributed by atoms with E-state index in [1.165, 1.54) is 4.90 Å². The number of Topliss-reactive ketones (excluding diaryl/α,β-unsaturated/α-hetero) is 1. The van der Waals surface area contributed by atoms with Crippen LogP contribution in [0.2, 0.25) is 0 Å². The lowest BCUT2D eigenvalue weighted by Crippen LogP contribution is -2.75. The predicted octanol–water partition coefficient (Wildman–Crippen LogP) is 3.16. The van der Waals surface area contributed by atoms with Gasteiger partial charge in [0.25, 0.3) is 0 Å². The zero-order valence-electron chi connectivity index (χ0n) is 31.7. The number of hydroxylamine groups is 1. The van der Waals surface area contributed by atoms with Crippen molar-refractivity contribution in [2.24, 2.45) is 28.1 Å². The Morgan fingerprint density at radius 3 is 2.31 bits per heavy atom. The zero-order chi connectivity index (χ0) is 38.6. The summed E-state index contributed by atoms with van der Waals surface area (Å²) in [6.45, 7) is 12.9. The highest BCUT2D eigenvalue weighted by Gasteiger charge is 2.74. The number of ether oxygens (including phenoxy) is 4. The van der Waals surface area contributed by atoms with Crippen molar-refractivity contribution >= 4 is 31.1 Å². The third-order valence-electron chi connectivity index (χ3n) is 12.9. The molecule has 3 aliphatic carbocycles. The molecule has 1 heterocycles. The van der Waals surface area contributed by atoms with Crippen LogP contribution in [0.5, 0.6) is 0 Å². The van der Waals surface area contributed by atoms with E-state index in [0.29, 0.717) is 23.3 Å². The normalized spacial score (nSPS) is 36.0. The van der Waals surface area contributed by atoms with Crippen LogP contribution in [0.1, 0.15) is 79.1 Å². The van der Waals surface area contributed by atoms with E-state index in [2.05, 4.69) is 0 Å². The average molecular weight is 726 g/mol. The molecule has 2 bridgehead atoms. The highest BCUT2D eigenvalue weighted by atomic mass is 16.6. The van der Waals surface area contributed by atoms with Gasteiger partial charge in [-0.05, 0) is 54.7 Å². The molecule has 0 aromatic heterocycles. The van der Waals surface area contributed by atoms with Crippen LogP contribution in [0.15, 0.2) is 41.5 Å². The summed E-state index contributed by atoms with van der Waals surface area (Å²) in [5.74, 6) is -4.25. The van der Waals surface area contributed by atoms with Gasteiger partial charge in [0.05, 0.1) is 23.7 Å². The molecule has 1 aliphatic heterocycles. The molecule has 0 spiro atoms. The van der Waals surface area contributed by atoms with Gasteiger partial charge in [-0.1, -0.05) is 65.0 Å². The highest BCUT2D eigenvalue weighted by Crippen LogP contribution is 2.67. The van der Waals surface area contributed by atoms with Crippen LogP contribution in [0.3, 0.4) is 0 Å². The van der Waals surface area contributed by atoms with Crippen LogP contribution in [0.4, 0.5) is 4.79 Å². The van der Waals surface area contributed by atoms with Crippen molar-refractivity contribution in [1.82, 2.24) is 10.4 Å². The fourth-order valence-electron chi connectivity index (χ4n) is 9.90. The number of aliphatic hydroxyl groups is 2. The molecule has 11 atom stereocenters. The van der Waals surface area contributed by atoms with Gasteiger partial charge < -0.3 is 39.3 Å². The summed E-state index contributed by atoms with van der Waals surface area (Å²) < 4.78 is 24.3. The smallest absolute Gasteiger partial charge is 0.409 e. The first-order valence-corrected chi connectivity index (χ1v) is 18.1. The largest absolute Gasteiger partial charge is 0.456 e. The summed E-state index contributed by atoms with van der Waals surface area (Å²) in [5.41, 5.74) is -1.58. The second-order valence-corrected chi connectivity index (χ2v) is 16.2. The van der Waals surface area contributed by atoms with Crippen LogP contribution >= 0.6 is 0 Å². The van der Waals surface area contributed by atoms with Gasteiger partial charge in [-0.2, -0.15) is 0 Å². The van der Waals surface area contributed by atoms with Gasteiger partial charge >= 0.3 is 18.0 Å². The Morgan fingerprint density at radius 1 is 1.10 bits per heavy atom. The van der Waals surface area contributed by atoms with Crippen LogP contribution in [0.25, 0.3) is 0 Å². The Bertz CT molecular complexity index is 1590. The summed E-state index contributed by atoms with van der Waals surface area (Å²) in [6, 6.07) is 8.82. The SMILES string of the molecule is CCC(=O)O[C@H]1C(=O)[C@]2(C)[C@@H](OC(=O)N(C)C)C[C@H]3OC[C@@]3(C)[C@H]2[C@H](C)[C@]2(O)C[C@H](OC(=O)[C@H](O)[C@@H]([B]CNO)c3ccccc3)C(C)=C1C2(C)C.